The number of hydrogen-bond donors (Lipinski definition) is 0. The average Bonchev–Trinajstić information content (AvgIpc) is 3.68. The third-order valence-electron chi connectivity index (χ3n) is 9.07. The number of fused-ring (bicyclic) bond motifs is 9. The fourth-order valence-electron chi connectivity index (χ4n) is 7.04. The van der Waals surface area contributed by atoms with Crippen molar-refractivity contribution in [3.8, 4) is 22.9 Å². The van der Waals surface area contributed by atoms with Crippen molar-refractivity contribution in [1.29, 1.82) is 0 Å². The fourth-order valence-corrected chi connectivity index (χ4v) is 7.04. The summed E-state index contributed by atoms with van der Waals surface area (Å²) in [6.45, 7) is 0. The highest BCUT2D eigenvalue weighted by Gasteiger charge is 2.23. The van der Waals surface area contributed by atoms with Crippen LogP contribution in [0.15, 0.2) is 150 Å². The largest absolute Gasteiger partial charge is 0.279 e. The molecular formula is C40H24N6O. The highest BCUT2D eigenvalue weighted by Crippen LogP contribution is 2.37. The second-order valence-electron chi connectivity index (χ2n) is 11.7. The van der Waals surface area contributed by atoms with Gasteiger partial charge in [0.2, 0.25) is 11.7 Å². The molecular weight excluding hydrogens is 580 g/mol. The van der Waals surface area contributed by atoms with Crippen molar-refractivity contribution < 1.29 is 0 Å². The first kappa shape index (κ1) is 25.7. The van der Waals surface area contributed by atoms with E-state index in [2.05, 4.69) is 45.5 Å². The van der Waals surface area contributed by atoms with Crippen molar-refractivity contribution in [3.05, 3.63) is 156 Å². The molecule has 4 aromatic heterocycles. The van der Waals surface area contributed by atoms with E-state index in [-0.39, 0.29) is 5.56 Å². The Kier molecular flexibility index (Phi) is 5.30. The highest BCUT2D eigenvalue weighted by molar-refractivity contribution is 6.20. The summed E-state index contributed by atoms with van der Waals surface area (Å²) >= 11 is 0. The van der Waals surface area contributed by atoms with Crippen LogP contribution in [0.3, 0.4) is 0 Å². The number of aromatic nitrogens is 6. The summed E-state index contributed by atoms with van der Waals surface area (Å²) in [7, 11) is 0. The van der Waals surface area contributed by atoms with E-state index in [4.69, 9.17) is 15.0 Å². The smallest absolute Gasteiger partial charge is 0.267 e. The topological polar surface area (TPSA) is 70.0 Å². The first-order chi connectivity index (χ1) is 23.3. The molecule has 0 saturated carbocycles. The molecule has 0 saturated heterocycles. The molecule has 0 bridgehead atoms. The maximum atomic E-state index is 14.2. The van der Waals surface area contributed by atoms with E-state index in [9.17, 15) is 4.79 Å². The predicted octanol–water partition coefficient (Wildman–Crippen LogP) is 8.50. The van der Waals surface area contributed by atoms with Gasteiger partial charge in [0.15, 0.2) is 0 Å². The lowest BCUT2D eigenvalue weighted by molar-refractivity contribution is 1.01. The number of hydrogen-bond acceptors (Lipinski definition) is 4. The minimum atomic E-state index is -0.0984. The van der Waals surface area contributed by atoms with Gasteiger partial charge in [0, 0.05) is 27.4 Å². The summed E-state index contributed by atoms with van der Waals surface area (Å²) in [5.41, 5.74) is 7.78. The van der Waals surface area contributed by atoms with Gasteiger partial charge in [0.25, 0.3) is 5.56 Å². The Labute approximate surface area is 267 Å². The number of rotatable bonds is 3. The molecule has 10 rings (SSSR count). The van der Waals surface area contributed by atoms with Gasteiger partial charge in [-0.15, -0.1) is 0 Å². The number of para-hydroxylation sites is 4. The molecule has 0 unspecified atom stereocenters. The van der Waals surface area contributed by atoms with Gasteiger partial charge in [-0.05, 0) is 48.5 Å². The Balaban J connectivity index is 1.36. The summed E-state index contributed by atoms with van der Waals surface area (Å²) < 4.78 is 5.93. The molecule has 7 nitrogen and oxygen atoms in total. The zero-order valence-corrected chi connectivity index (χ0v) is 24.9. The van der Waals surface area contributed by atoms with Crippen LogP contribution in [0.4, 0.5) is 0 Å². The Morgan fingerprint density at radius 3 is 1.87 bits per heavy atom. The average molecular weight is 605 g/mol. The Morgan fingerprint density at radius 1 is 0.468 bits per heavy atom. The van der Waals surface area contributed by atoms with E-state index in [1.165, 1.54) is 0 Å². The van der Waals surface area contributed by atoms with Gasteiger partial charge in [-0.3, -0.25) is 13.9 Å². The lowest BCUT2D eigenvalue weighted by Crippen LogP contribution is -2.18. The molecule has 6 aromatic carbocycles. The predicted molar refractivity (Wildman–Crippen MR) is 189 cm³/mol. The first-order valence-electron chi connectivity index (χ1n) is 15.5. The zero-order valence-electron chi connectivity index (χ0n) is 24.9. The Bertz CT molecular complexity index is 2920. The molecule has 4 heterocycles. The molecule has 0 fully saturated rings. The molecule has 0 N–H and O–H groups in total. The molecule has 0 aliphatic rings. The van der Waals surface area contributed by atoms with Crippen LogP contribution in [0, 0.1) is 0 Å². The van der Waals surface area contributed by atoms with Crippen LogP contribution in [0.5, 0.6) is 0 Å². The third kappa shape index (κ3) is 3.62. The maximum Gasteiger partial charge on any atom is 0.267 e. The van der Waals surface area contributed by atoms with Crippen LogP contribution < -0.4 is 5.56 Å². The second kappa shape index (κ2) is 9.70. The van der Waals surface area contributed by atoms with E-state index < -0.39 is 0 Å². The van der Waals surface area contributed by atoms with Gasteiger partial charge in [-0.2, -0.15) is 0 Å². The van der Waals surface area contributed by atoms with E-state index >= 15 is 0 Å². The van der Waals surface area contributed by atoms with Crippen LogP contribution in [-0.4, -0.2) is 28.5 Å². The molecule has 0 spiro atoms. The SMILES string of the molecule is O=c1c2ccccc2n(-c2ccccc2)c2nc3c4c5ccccc5n(-c5nc(-c6ccccc6)c6ccccc6n5)c4ccc3n12. The number of benzene rings is 6. The molecule has 0 amide bonds. The van der Waals surface area contributed by atoms with Crippen molar-refractivity contribution in [3.63, 3.8) is 0 Å². The zero-order chi connectivity index (χ0) is 31.1. The van der Waals surface area contributed by atoms with E-state index in [1.807, 2.05) is 109 Å². The standard InChI is InChI=1S/C40H24N6O/c47-38-29-19-9-12-22-32(29)44(26-15-5-2-6-16-26)40-43-37-34(46(38)40)24-23-33-35(37)28-18-8-11-21-31(28)45(33)39-41-30-20-10-7-17-27(30)36(42-39)25-13-3-1-4-14-25/h1-24H. The van der Waals surface area contributed by atoms with Crippen molar-refractivity contribution in [1.82, 2.24) is 28.5 Å². The van der Waals surface area contributed by atoms with Gasteiger partial charge in [0.1, 0.15) is 5.52 Å². The molecule has 7 heteroatoms. The lowest BCUT2D eigenvalue weighted by Gasteiger charge is -2.12. The molecule has 10 aromatic rings. The summed E-state index contributed by atoms with van der Waals surface area (Å²) in [5.74, 6) is 1.14. The Hall–Kier alpha value is -6.60. The van der Waals surface area contributed by atoms with Crippen LogP contribution in [0.1, 0.15) is 0 Å². The van der Waals surface area contributed by atoms with Gasteiger partial charge in [-0.25, -0.2) is 19.4 Å². The van der Waals surface area contributed by atoms with Crippen molar-refractivity contribution >= 4 is 60.4 Å². The lowest BCUT2D eigenvalue weighted by atomic mass is 10.1. The highest BCUT2D eigenvalue weighted by atomic mass is 16.1. The molecule has 0 radical (unpaired) electrons. The third-order valence-corrected chi connectivity index (χ3v) is 9.07. The summed E-state index contributed by atoms with van der Waals surface area (Å²) in [6.07, 6.45) is 0. The molecule has 0 aliphatic carbocycles. The Morgan fingerprint density at radius 2 is 1.09 bits per heavy atom. The summed E-state index contributed by atoms with van der Waals surface area (Å²) in [6, 6.07) is 48.5. The van der Waals surface area contributed by atoms with Gasteiger partial charge in [0.05, 0.1) is 38.7 Å². The molecule has 0 atom stereocenters. The minimum Gasteiger partial charge on any atom is -0.279 e. The summed E-state index contributed by atoms with van der Waals surface area (Å²) in [4.78, 5) is 29.7. The minimum absolute atomic E-state index is 0.0984. The van der Waals surface area contributed by atoms with Crippen molar-refractivity contribution in [2.75, 3.05) is 0 Å². The van der Waals surface area contributed by atoms with Gasteiger partial charge >= 0.3 is 0 Å². The van der Waals surface area contributed by atoms with Crippen LogP contribution in [-0.2, 0) is 0 Å². The normalized spacial score (nSPS) is 11.9. The molecule has 220 valence electrons. The van der Waals surface area contributed by atoms with Crippen molar-refractivity contribution in [2.24, 2.45) is 0 Å². The van der Waals surface area contributed by atoms with Crippen LogP contribution in [0.25, 0.3) is 83.3 Å². The number of nitrogens with zero attached hydrogens (tertiary/aromatic N) is 6. The first-order valence-corrected chi connectivity index (χ1v) is 15.5. The second-order valence-corrected chi connectivity index (χ2v) is 11.7. The van der Waals surface area contributed by atoms with E-state index in [1.54, 1.807) is 4.40 Å². The van der Waals surface area contributed by atoms with Crippen LogP contribution >= 0.6 is 0 Å². The maximum absolute atomic E-state index is 14.2. The quantitative estimate of drug-likeness (QED) is 0.203. The van der Waals surface area contributed by atoms with E-state index in [0.717, 1.165) is 66.2 Å². The van der Waals surface area contributed by atoms with Crippen LogP contribution in [0.2, 0.25) is 0 Å². The fraction of sp³-hybridized carbons (Fsp3) is 0. The summed E-state index contributed by atoms with van der Waals surface area (Å²) in [5, 5.41) is 3.58. The van der Waals surface area contributed by atoms with Gasteiger partial charge < -0.3 is 0 Å². The molecule has 0 aliphatic heterocycles. The monoisotopic (exact) mass is 604 g/mol. The van der Waals surface area contributed by atoms with Gasteiger partial charge in [-0.1, -0.05) is 97.1 Å². The van der Waals surface area contributed by atoms with Crippen molar-refractivity contribution in [2.45, 2.75) is 0 Å². The molecule has 47 heavy (non-hydrogen) atoms. The number of imidazole rings is 1. The van der Waals surface area contributed by atoms with E-state index in [0.29, 0.717) is 17.1 Å².